The molecular weight excluding hydrogens is 360 g/mol. The van der Waals surface area contributed by atoms with Crippen molar-refractivity contribution in [1.82, 2.24) is 0 Å². The van der Waals surface area contributed by atoms with Gasteiger partial charge in [-0.2, -0.15) is 0 Å². The van der Waals surface area contributed by atoms with Gasteiger partial charge in [0.05, 0.1) is 0 Å². The first-order valence-electron chi connectivity index (χ1n) is 5.60. The van der Waals surface area contributed by atoms with E-state index < -0.39 is 0 Å². The summed E-state index contributed by atoms with van der Waals surface area (Å²) in [7, 11) is 0. The standard InChI is InChI=1S/C14H10Br2O2/c15-11-3-1-2-10(14(11)16)9-4-5-12-13(8-9)18-7-6-17-12/h1-5,8H,6-7H2. The van der Waals surface area contributed by atoms with Gasteiger partial charge in [-0.05, 0) is 61.2 Å². The van der Waals surface area contributed by atoms with Gasteiger partial charge in [-0.1, -0.05) is 18.2 Å². The van der Waals surface area contributed by atoms with E-state index in [2.05, 4.69) is 37.9 Å². The van der Waals surface area contributed by atoms with E-state index in [1.54, 1.807) is 0 Å². The zero-order valence-electron chi connectivity index (χ0n) is 9.45. The molecule has 2 aromatic rings. The lowest BCUT2D eigenvalue weighted by atomic mass is 10.1. The van der Waals surface area contributed by atoms with Crippen LogP contribution in [0, 0.1) is 0 Å². The molecular formula is C14H10Br2O2. The van der Waals surface area contributed by atoms with E-state index in [-0.39, 0.29) is 0 Å². The number of benzene rings is 2. The van der Waals surface area contributed by atoms with Crippen LogP contribution in [0.3, 0.4) is 0 Å². The van der Waals surface area contributed by atoms with E-state index in [4.69, 9.17) is 9.47 Å². The van der Waals surface area contributed by atoms with Crippen molar-refractivity contribution in [2.75, 3.05) is 13.2 Å². The lowest BCUT2D eigenvalue weighted by Crippen LogP contribution is -2.15. The second-order valence-corrected chi connectivity index (χ2v) is 5.61. The minimum Gasteiger partial charge on any atom is -0.486 e. The van der Waals surface area contributed by atoms with Gasteiger partial charge in [-0.15, -0.1) is 0 Å². The minimum atomic E-state index is 0.607. The Balaban J connectivity index is 2.09. The third-order valence-corrected chi connectivity index (χ3v) is 4.85. The van der Waals surface area contributed by atoms with E-state index in [0.717, 1.165) is 31.6 Å². The fourth-order valence-corrected chi connectivity index (χ4v) is 2.80. The summed E-state index contributed by atoms with van der Waals surface area (Å²) in [6, 6.07) is 12.1. The molecule has 3 rings (SSSR count). The predicted octanol–water partition coefficient (Wildman–Crippen LogP) is 4.65. The normalized spacial score (nSPS) is 13.4. The van der Waals surface area contributed by atoms with Crippen molar-refractivity contribution < 1.29 is 9.47 Å². The molecule has 2 nitrogen and oxygen atoms in total. The van der Waals surface area contributed by atoms with Crippen LogP contribution in [0.15, 0.2) is 45.3 Å². The number of hydrogen-bond acceptors (Lipinski definition) is 2. The molecule has 0 aliphatic carbocycles. The molecule has 1 aliphatic heterocycles. The Morgan fingerprint density at radius 1 is 0.889 bits per heavy atom. The van der Waals surface area contributed by atoms with Gasteiger partial charge < -0.3 is 9.47 Å². The molecule has 0 aromatic heterocycles. The smallest absolute Gasteiger partial charge is 0.161 e. The molecule has 0 N–H and O–H groups in total. The summed E-state index contributed by atoms with van der Waals surface area (Å²) in [4.78, 5) is 0. The molecule has 0 spiro atoms. The monoisotopic (exact) mass is 368 g/mol. The van der Waals surface area contributed by atoms with Crippen molar-refractivity contribution in [3.05, 3.63) is 45.3 Å². The van der Waals surface area contributed by atoms with Crippen molar-refractivity contribution in [3.63, 3.8) is 0 Å². The van der Waals surface area contributed by atoms with Crippen molar-refractivity contribution in [1.29, 1.82) is 0 Å². The van der Waals surface area contributed by atoms with E-state index in [0.29, 0.717) is 13.2 Å². The highest BCUT2D eigenvalue weighted by molar-refractivity contribution is 9.13. The molecule has 0 radical (unpaired) electrons. The molecule has 18 heavy (non-hydrogen) atoms. The number of hydrogen-bond donors (Lipinski definition) is 0. The summed E-state index contributed by atoms with van der Waals surface area (Å²) in [5.41, 5.74) is 2.23. The van der Waals surface area contributed by atoms with Gasteiger partial charge in [-0.25, -0.2) is 0 Å². The summed E-state index contributed by atoms with van der Waals surface area (Å²) in [5.74, 6) is 1.63. The maximum atomic E-state index is 5.60. The van der Waals surface area contributed by atoms with Gasteiger partial charge in [0.15, 0.2) is 11.5 Å². The summed E-state index contributed by atoms with van der Waals surface area (Å²) < 4.78 is 13.2. The van der Waals surface area contributed by atoms with Crippen LogP contribution in [-0.2, 0) is 0 Å². The van der Waals surface area contributed by atoms with E-state index in [1.807, 2.05) is 30.3 Å². The molecule has 0 unspecified atom stereocenters. The molecule has 0 saturated heterocycles. The summed E-state index contributed by atoms with van der Waals surface area (Å²) >= 11 is 7.11. The number of halogens is 2. The predicted molar refractivity (Wildman–Crippen MR) is 78.3 cm³/mol. The molecule has 2 aromatic carbocycles. The second-order valence-electron chi connectivity index (χ2n) is 3.96. The van der Waals surface area contributed by atoms with Crippen LogP contribution in [-0.4, -0.2) is 13.2 Å². The average molecular weight is 370 g/mol. The third kappa shape index (κ3) is 2.15. The fourth-order valence-electron chi connectivity index (χ4n) is 1.94. The Hall–Kier alpha value is -1.00. The van der Waals surface area contributed by atoms with Gasteiger partial charge >= 0.3 is 0 Å². The van der Waals surface area contributed by atoms with Crippen molar-refractivity contribution in [2.24, 2.45) is 0 Å². The number of rotatable bonds is 1. The molecule has 1 aliphatic rings. The fraction of sp³-hybridized carbons (Fsp3) is 0.143. The average Bonchev–Trinajstić information content (AvgIpc) is 2.41. The van der Waals surface area contributed by atoms with Crippen LogP contribution in [0.1, 0.15) is 0 Å². The van der Waals surface area contributed by atoms with Crippen molar-refractivity contribution in [2.45, 2.75) is 0 Å². The maximum Gasteiger partial charge on any atom is 0.161 e. The highest BCUT2D eigenvalue weighted by Crippen LogP contribution is 2.38. The largest absolute Gasteiger partial charge is 0.486 e. The van der Waals surface area contributed by atoms with Crippen LogP contribution in [0.5, 0.6) is 11.5 Å². The quantitative estimate of drug-likeness (QED) is 0.728. The van der Waals surface area contributed by atoms with E-state index >= 15 is 0 Å². The van der Waals surface area contributed by atoms with Gasteiger partial charge in [0.25, 0.3) is 0 Å². The summed E-state index contributed by atoms with van der Waals surface area (Å²) in [5, 5.41) is 0. The second kappa shape index (κ2) is 4.94. The Labute approximate surface area is 122 Å². The van der Waals surface area contributed by atoms with Crippen LogP contribution in [0.4, 0.5) is 0 Å². The Morgan fingerprint density at radius 2 is 1.67 bits per heavy atom. The highest BCUT2D eigenvalue weighted by atomic mass is 79.9. The van der Waals surface area contributed by atoms with Crippen LogP contribution in [0.2, 0.25) is 0 Å². The van der Waals surface area contributed by atoms with Crippen molar-refractivity contribution >= 4 is 31.9 Å². The Kier molecular flexibility index (Phi) is 3.31. The zero-order chi connectivity index (χ0) is 12.5. The zero-order valence-corrected chi connectivity index (χ0v) is 12.6. The highest BCUT2D eigenvalue weighted by Gasteiger charge is 2.14. The lowest BCUT2D eigenvalue weighted by molar-refractivity contribution is 0.171. The van der Waals surface area contributed by atoms with Gasteiger partial charge in [0.2, 0.25) is 0 Å². The molecule has 0 fully saturated rings. The molecule has 4 heteroatoms. The number of ether oxygens (including phenoxy) is 2. The molecule has 0 saturated carbocycles. The van der Waals surface area contributed by atoms with Crippen LogP contribution in [0.25, 0.3) is 11.1 Å². The molecule has 92 valence electrons. The van der Waals surface area contributed by atoms with Crippen LogP contribution >= 0.6 is 31.9 Å². The SMILES string of the molecule is Brc1cccc(-c2ccc3c(c2)OCCO3)c1Br. The van der Waals surface area contributed by atoms with E-state index in [1.165, 1.54) is 0 Å². The first kappa shape index (κ1) is 12.1. The summed E-state index contributed by atoms with van der Waals surface area (Å²) in [6.07, 6.45) is 0. The van der Waals surface area contributed by atoms with Crippen LogP contribution < -0.4 is 9.47 Å². The number of fused-ring (bicyclic) bond motifs is 1. The molecule has 0 atom stereocenters. The van der Waals surface area contributed by atoms with Crippen molar-refractivity contribution in [3.8, 4) is 22.6 Å². The third-order valence-electron chi connectivity index (χ3n) is 2.80. The molecule has 0 amide bonds. The molecule has 0 bridgehead atoms. The van der Waals surface area contributed by atoms with Gasteiger partial charge in [0.1, 0.15) is 13.2 Å². The first-order chi connectivity index (χ1) is 8.75. The van der Waals surface area contributed by atoms with Gasteiger partial charge in [0, 0.05) is 8.95 Å². The summed E-state index contributed by atoms with van der Waals surface area (Å²) in [6.45, 7) is 1.23. The Bertz CT molecular complexity index is 596. The van der Waals surface area contributed by atoms with Gasteiger partial charge in [-0.3, -0.25) is 0 Å². The Morgan fingerprint density at radius 3 is 2.50 bits per heavy atom. The topological polar surface area (TPSA) is 18.5 Å². The maximum absolute atomic E-state index is 5.60. The lowest BCUT2D eigenvalue weighted by Gasteiger charge is -2.19. The molecule has 1 heterocycles. The first-order valence-corrected chi connectivity index (χ1v) is 7.18. The van der Waals surface area contributed by atoms with E-state index in [9.17, 15) is 0 Å². The minimum absolute atomic E-state index is 0.607.